The van der Waals surface area contributed by atoms with Crippen LogP contribution < -0.4 is 15.3 Å². The molecule has 10 heteroatoms. The number of carbonyl (C=O) groups is 2. The monoisotopic (exact) mass is 416 g/mol. The van der Waals surface area contributed by atoms with Gasteiger partial charge < -0.3 is 19.7 Å². The van der Waals surface area contributed by atoms with Crippen molar-refractivity contribution in [3.8, 4) is 5.75 Å². The van der Waals surface area contributed by atoms with Gasteiger partial charge in [-0.3, -0.25) is 14.1 Å². The van der Waals surface area contributed by atoms with Crippen LogP contribution in [0.3, 0.4) is 0 Å². The average Bonchev–Trinajstić information content (AvgIpc) is 2.61. The molecule has 0 amide bonds. The average molecular weight is 416 g/mol. The van der Waals surface area contributed by atoms with Crippen molar-refractivity contribution in [3.05, 3.63) is 29.8 Å². The van der Waals surface area contributed by atoms with Crippen LogP contribution in [0.25, 0.3) is 0 Å². The second-order valence-corrected chi connectivity index (χ2v) is 8.01. The predicted molar refractivity (Wildman–Crippen MR) is 104 cm³/mol. The fourth-order valence-corrected chi connectivity index (χ4v) is 3.70. The quantitative estimate of drug-likeness (QED) is 0.412. The smallest absolute Gasteiger partial charge is 0.459 e. The molecule has 0 radical (unpaired) electrons. The standard InChI is InChI=1S/C18H29N2O7P/c1-6-25-28(23,20-13(4)17(21)26-12(2)3)27-15-9-7-14(8-10-15)11-16(19)18(22)24-5/h7-10,12-13,16H,6,11,19H2,1-5H3,(H,20,23)/t13-,16-,28?/m0/s1. The third kappa shape index (κ3) is 7.98. The molecule has 9 nitrogen and oxygen atoms in total. The van der Waals surface area contributed by atoms with Gasteiger partial charge in [0.1, 0.15) is 17.8 Å². The second kappa shape index (κ2) is 11.2. The number of nitrogens with one attached hydrogen (secondary N) is 1. The van der Waals surface area contributed by atoms with Gasteiger partial charge in [-0.05, 0) is 51.8 Å². The molecule has 0 spiro atoms. The molecule has 0 bridgehead atoms. The van der Waals surface area contributed by atoms with E-state index >= 15 is 0 Å². The molecule has 1 aromatic carbocycles. The lowest BCUT2D eigenvalue weighted by atomic mass is 10.1. The highest BCUT2D eigenvalue weighted by Gasteiger charge is 2.32. The molecule has 1 aromatic rings. The number of ether oxygens (including phenoxy) is 2. The van der Waals surface area contributed by atoms with Crippen molar-refractivity contribution in [2.45, 2.75) is 52.3 Å². The molecule has 158 valence electrons. The summed E-state index contributed by atoms with van der Waals surface area (Å²) in [5.74, 6) is -0.803. The summed E-state index contributed by atoms with van der Waals surface area (Å²) in [7, 11) is -2.53. The fraction of sp³-hybridized carbons (Fsp3) is 0.556. The lowest BCUT2D eigenvalue weighted by Gasteiger charge is -2.23. The molecule has 0 aliphatic rings. The Hall–Kier alpha value is -1.93. The highest BCUT2D eigenvalue weighted by molar-refractivity contribution is 7.52. The first-order valence-corrected chi connectivity index (χ1v) is 10.5. The third-order valence-electron chi connectivity index (χ3n) is 3.46. The number of rotatable bonds is 11. The number of hydrogen-bond acceptors (Lipinski definition) is 8. The first-order chi connectivity index (χ1) is 13.1. The van der Waals surface area contributed by atoms with Crippen LogP contribution in [-0.4, -0.2) is 43.8 Å². The number of benzene rings is 1. The molecule has 0 aliphatic carbocycles. The second-order valence-electron chi connectivity index (χ2n) is 6.32. The van der Waals surface area contributed by atoms with Crippen LogP contribution in [-0.2, 0) is 34.6 Å². The summed E-state index contributed by atoms with van der Waals surface area (Å²) in [6.07, 6.45) is -0.0140. The fourth-order valence-electron chi connectivity index (χ4n) is 2.20. The first-order valence-electron chi connectivity index (χ1n) is 8.95. The molecule has 0 fully saturated rings. The van der Waals surface area contributed by atoms with Crippen molar-refractivity contribution in [1.82, 2.24) is 5.09 Å². The number of esters is 2. The van der Waals surface area contributed by atoms with E-state index in [4.69, 9.17) is 19.5 Å². The zero-order valence-electron chi connectivity index (χ0n) is 16.8. The Kier molecular flexibility index (Phi) is 9.61. The maximum absolute atomic E-state index is 12.9. The maximum atomic E-state index is 12.9. The molecule has 1 rings (SSSR count). The van der Waals surface area contributed by atoms with Crippen LogP contribution in [0.15, 0.2) is 24.3 Å². The summed E-state index contributed by atoms with van der Waals surface area (Å²) in [5.41, 5.74) is 6.51. The van der Waals surface area contributed by atoms with E-state index in [1.54, 1.807) is 45.0 Å². The molecule has 0 aromatic heterocycles. The summed E-state index contributed by atoms with van der Waals surface area (Å²) in [4.78, 5) is 23.3. The molecule has 1 unspecified atom stereocenters. The van der Waals surface area contributed by atoms with E-state index in [-0.39, 0.29) is 24.9 Å². The lowest BCUT2D eigenvalue weighted by molar-refractivity contribution is -0.149. The van der Waals surface area contributed by atoms with E-state index in [2.05, 4.69) is 9.82 Å². The summed E-state index contributed by atoms with van der Waals surface area (Å²) < 4.78 is 33.3. The number of carbonyl (C=O) groups excluding carboxylic acids is 2. The highest BCUT2D eigenvalue weighted by atomic mass is 31.2. The van der Waals surface area contributed by atoms with Gasteiger partial charge in [0.25, 0.3) is 0 Å². The van der Waals surface area contributed by atoms with Gasteiger partial charge in [-0.2, -0.15) is 5.09 Å². The topological polar surface area (TPSA) is 126 Å². The minimum atomic E-state index is -3.81. The van der Waals surface area contributed by atoms with Gasteiger partial charge in [0.05, 0.1) is 19.8 Å². The summed E-state index contributed by atoms with van der Waals surface area (Å²) >= 11 is 0. The molecular formula is C18H29N2O7P. The summed E-state index contributed by atoms with van der Waals surface area (Å²) in [5, 5.41) is 2.57. The molecule has 3 atom stereocenters. The van der Waals surface area contributed by atoms with Crippen molar-refractivity contribution in [2.75, 3.05) is 13.7 Å². The van der Waals surface area contributed by atoms with Crippen LogP contribution in [0.4, 0.5) is 0 Å². The zero-order valence-corrected chi connectivity index (χ0v) is 17.7. The number of nitrogens with two attached hydrogens (primary N) is 1. The molecular weight excluding hydrogens is 387 g/mol. The lowest BCUT2D eigenvalue weighted by Crippen LogP contribution is -2.36. The van der Waals surface area contributed by atoms with Crippen molar-refractivity contribution >= 4 is 19.7 Å². The van der Waals surface area contributed by atoms with E-state index in [1.807, 2.05) is 0 Å². The largest absolute Gasteiger partial charge is 0.468 e. The van der Waals surface area contributed by atoms with Crippen LogP contribution >= 0.6 is 7.75 Å². The first kappa shape index (κ1) is 24.1. The van der Waals surface area contributed by atoms with E-state index in [0.717, 1.165) is 5.56 Å². The minimum Gasteiger partial charge on any atom is -0.468 e. The zero-order chi connectivity index (χ0) is 21.3. The van der Waals surface area contributed by atoms with Gasteiger partial charge in [0.15, 0.2) is 0 Å². The van der Waals surface area contributed by atoms with Gasteiger partial charge >= 0.3 is 19.7 Å². The van der Waals surface area contributed by atoms with E-state index in [9.17, 15) is 14.2 Å². The van der Waals surface area contributed by atoms with E-state index in [0.29, 0.717) is 0 Å². The Morgan fingerprint density at radius 1 is 1.14 bits per heavy atom. The summed E-state index contributed by atoms with van der Waals surface area (Å²) in [6.45, 7) is 6.72. The Morgan fingerprint density at radius 2 is 1.75 bits per heavy atom. The Bertz CT molecular complexity index is 694. The normalized spacial score (nSPS) is 15.4. The van der Waals surface area contributed by atoms with Crippen molar-refractivity contribution in [2.24, 2.45) is 5.73 Å². The predicted octanol–water partition coefficient (Wildman–Crippen LogP) is 2.18. The number of hydrogen-bond donors (Lipinski definition) is 2. The third-order valence-corrected chi connectivity index (χ3v) is 5.22. The maximum Gasteiger partial charge on any atom is 0.459 e. The Labute approximate surface area is 165 Å². The van der Waals surface area contributed by atoms with Crippen LogP contribution in [0, 0.1) is 0 Å². The molecule has 0 saturated carbocycles. The minimum absolute atomic E-state index is 0.113. The SMILES string of the molecule is CCOP(=O)(N[C@@H](C)C(=O)OC(C)C)Oc1ccc(C[C@H](N)C(=O)OC)cc1. The van der Waals surface area contributed by atoms with Gasteiger partial charge in [0, 0.05) is 0 Å². The van der Waals surface area contributed by atoms with Gasteiger partial charge in [-0.1, -0.05) is 12.1 Å². The molecule has 0 heterocycles. The van der Waals surface area contributed by atoms with Crippen LogP contribution in [0.2, 0.25) is 0 Å². The molecule has 3 N–H and O–H groups in total. The van der Waals surface area contributed by atoms with E-state index < -0.39 is 31.8 Å². The van der Waals surface area contributed by atoms with Crippen LogP contribution in [0.1, 0.15) is 33.3 Å². The van der Waals surface area contributed by atoms with E-state index in [1.165, 1.54) is 14.0 Å². The van der Waals surface area contributed by atoms with Gasteiger partial charge in [-0.15, -0.1) is 0 Å². The molecule has 0 saturated heterocycles. The van der Waals surface area contributed by atoms with Gasteiger partial charge in [0.2, 0.25) is 0 Å². The highest BCUT2D eigenvalue weighted by Crippen LogP contribution is 2.44. The molecule has 0 aliphatic heterocycles. The van der Waals surface area contributed by atoms with Crippen LogP contribution in [0.5, 0.6) is 5.75 Å². The van der Waals surface area contributed by atoms with Crippen molar-refractivity contribution in [3.63, 3.8) is 0 Å². The molecule has 28 heavy (non-hydrogen) atoms. The number of methoxy groups -OCH3 is 1. The van der Waals surface area contributed by atoms with Gasteiger partial charge in [-0.25, -0.2) is 4.57 Å². The Balaban J connectivity index is 2.81. The Morgan fingerprint density at radius 3 is 2.25 bits per heavy atom. The van der Waals surface area contributed by atoms with Crippen molar-refractivity contribution in [1.29, 1.82) is 0 Å². The summed E-state index contributed by atoms with van der Waals surface area (Å²) in [6, 6.07) is 4.85. The van der Waals surface area contributed by atoms with Crippen molar-refractivity contribution < 1.29 is 32.7 Å².